The standard InChI is InChI=1S/C55H40N4/c1-33-16-14-27-49-51(33)46-30-45-44-29-42-40-25-12-10-23-38(40)39-24-11-13-26-41(39)43(42)31-47(44)55(2,3)48(45)32-50(46)59(49)37-22-15-21-36(28-37)54-57-52(34-17-6-4-7-18-34)56-53(58-54)35-19-8-5-9-20-35/h4-15,17-33H,16H2,1-3H3. The summed E-state index contributed by atoms with van der Waals surface area (Å²) in [5, 5.41) is 9.21. The van der Waals surface area contributed by atoms with E-state index >= 15 is 0 Å². The monoisotopic (exact) mass is 756 g/mol. The Hall–Kier alpha value is -7.17. The van der Waals surface area contributed by atoms with E-state index in [2.05, 4.69) is 159 Å². The van der Waals surface area contributed by atoms with Crippen molar-refractivity contribution in [1.82, 2.24) is 19.5 Å². The highest BCUT2D eigenvalue weighted by molar-refractivity contribution is 6.26. The molecule has 2 aliphatic carbocycles. The molecule has 280 valence electrons. The number of nitrogens with zero attached hydrogens (tertiary/aromatic N) is 4. The summed E-state index contributed by atoms with van der Waals surface area (Å²) in [6.07, 6.45) is 5.69. The number of benzene rings is 8. The second-order valence-corrected chi connectivity index (χ2v) is 16.8. The lowest BCUT2D eigenvalue weighted by Gasteiger charge is -2.23. The Kier molecular flexibility index (Phi) is 7.28. The number of hydrogen-bond acceptors (Lipinski definition) is 3. The van der Waals surface area contributed by atoms with Crippen molar-refractivity contribution in [1.29, 1.82) is 0 Å². The average Bonchev–Trinajstić information content (AvgIpc) is 3.73. The second kappa shape index (κ2) is 12.7. The van der Waals surface area contributed by atoms with Crippen molar-refractivity contribution in [3.05, 3.63) is 186 Å². The third kappa shape index (κ3) is 5.06. The lowest BCUT2D eigenvalue weighted by atomic mass is 9.81. The van der Waals surface area contributed by atoms with E-state index in [9.17, 15) is 0 Å². The Morgan fingerprint density at radius 1 is 0.492 bits per heavy atom. The Bertz CT molecular complexity index is 3330. The predicted octanol–water partition coefficient (Wildman–Crippen LogP) is 14.1. The molecule has 4 heteroatoms. The van der Waals surface area contributed by atoms with Gasteiger partial charge in [0.1, 0.15) is 0 Å². The van der Waals surface area contributed by atoms with Crippen LogP contribution in [0.2, 0.25) is 0 Å². The zero-order valence-electron chi connectivity index (χ0n) is 33.2. The van der Waals surface area contributed by atoms with E-state index in [0.29, 0.717) is 23.4 Å². The topological polar surface area (TPSA) is 43.6 Å². The van der Waals surface area contributed by atoms with E-state index in [0.717, 1.165) is 28.8 Å². The molecule has 0 radical (unpaired) electrons. The van der Waals surface area contributed by atoms with Crippen molar-refractivity contribution in [3.8, 4) is 51.0 Å². The molecule has 0 saturated heterocycles. The van der Waals surface area contributed by atoms with Gasteiger partial charge in [-0.05, 0) is 115 Å². The van der Waals surface area contributed by atoms with Crippen molar-refractivity contribution < 1.29 is 0 Å². The maximum Gasteiger partial charge on any atom is 0.164 e. The molecule has 10 aromatic rings. The molecule has 8 aromatic carbocycles. The quantitative estimate of drug-likeness (QED) is 0.168. The van der Waals surface area contributed by atoms with Gasteiger partial charge in [0.15, 0.2) is 17.5 Å². The van der Waals surface area contributed by atoms with Crippen molar-refractivity contribution in [2.24, 2.45) is 0 Å². The molecule has 0 fully saturated rings. The van der Waals surface area contributed by atoms with Crippen LogP contribution in [-0.2, 0) is 5.41 Å². The van der Waals surface area contributed by atoms with Gasteiger partial charge in [0.2, 0.25) is 0 Å². The lowest BCUT2D eigenvalue weighted by molar-refractivity contribution is 0.662. The van der Waals surface area contributed by atoms with Crippen LogP contribution in [-0.4, -0.2) is 19.5 Å². The summed E-state index contributed by atoms with van der Waals surface area (Å²) in [6, 6.07) is 56.9. The molecule has 1 atom stereocenters. The molecule has 59 heavy (non-hydrogen) atoms. The number of aromatic nitrogens is 4. The van der Waals surface area contributed by atoms with E-state index in [4.69, 9.17) is 15.0 Å². The smallest absolute Gasteiger partial charge is 0.164 e. The van der Waals surface area contributed by atoms with Crippen molar-refractivity contribution in [3.63, 3.8) is 0 Å². The highest BCUT2D eigenvalue weighted by Crippen LogP contribution is 2.54. The summed E-state index contributed by atoms with van der Waals surface area (Å²) in [5.41, 5.74) is 13.1. The predicted molar refractivity (Wildman–Crippen MR) is 245 cm³/mol. The van der Waals surface area contributed by atoms with Crippen molar-refractivity contribution >= 4 is 49.3 Å². The van der Waals surface area contributed by atoms with Crippen LogP contribution in [0, 0.1) is 0 Å². The van der Waals surface area contributed by atoms with E-state index in [1.165, 1.54) is 76.7 Å². The van der Waals surface area contributed by atoms with Gasteiger partial charge in [-0.2, -0.15) is 0 Å². The first-order chi connectivity index (χ1) is 28.9. The van der Waals surface area contributed by atoms with Gasteiger partial charge in [-0.15, -0.1) is 0 Å². The van der Waals surface area contributed by atoms with Crippen molar-refractivity contribution in [2.75, 3.05) is 0 Å². The van der Waals surface area contributed by atoms with Crippen LogP contribution in [0.15, 0.2) is 164 Å². The Morgan fingerprint density at radius 2 is 0.983 bits per heavy atom. The fourth-order valence-electron chi connectivity index (χ4n) is 10.1. The normalized spacial score (nSPS) is 15.2. The van der Waals surface area contributed by atoms with Crippen LogP contribution >= 0.6 is 0 Å². The summed E-state index contributed by atoms with van der Waals surface area (Å²) >= 11 is 0. The highest BCUT2D eigenvalue weighted by Gasteiger charge is 2.38. The molecule has 2 aromatic heterocycles. The van der Waals surface area contributed by atoms with E-state index < -0.39 is 0 Å². The van der Waals surface area contributed by atoms with Gasteiger partial charge in [-0.1, -0.05) is 148 Å². The summed E-state index contributed by atoms with van der Waals surface area (Å²) in [4.78, 5) is 15.1. The Morgan fingerprint density at radius 3 is 1.59 bits per heavy atom. The van der Waals surface area contributed by atoms with Crippen LogP contribution in [0.3, 0.4) is 0 Å². The Balaban J connectivity index is 1.07. The summed E-state index contributed by atoms with van der Waals surface area (Å²) < 4.78 is 2.48. The fraction of sp³-hybridized carbons (Fsp3) is 0.109. The summed E-state index contributed by atoms with van der Waals surface area (Å²) in [6.45, 7) is 7.19. The molecule has 0 N–H and O–H groups in total. The minimum atomic E-state index is -0.203. The van der Waals surface area contributed by atoms with E-state index in [1.807, 2.05) is 36.4 Å². The first kappa shape index (κ1) is 33.9. The minimum absolute atomic E-state index is 0.203. The molecule has 12 rings (SSSR count). The van der Waals surface area contributed by atoms with E-state index in [-0.39, 0.29) is 5.41 Å². The van der Waals surface area contributed by atoms with Gasteiger partial charge in [0, 0.05) is 38.9 Å². The van der Waals surface area contributed by atoms with Crippen molar-refractivity contribution in [2.45, 2.75) is 38.5 Å². The average molecular weight is 757 g/mol. The zero-order valence-corrected chi connectivity index (χ0v) is 33.2. The lowest BCUT2D eigenvalue weighted by Crippen LogP contribution is -2.15. The first-order valence-corrected chi connectivity index (χ1v) is 20.7. The third-order valence-corrected chi connectivity index (χ3v) is 13.0. The molecule has 0 spiro atoms. The Labute approximate surface area is 343 Å². The molecule has 0 bridgehead atoms. The van der Waals surface area contributed by atoms with E-state index in [1.54, 1.807) is 0 Å². The maximum absolute atomic E-state index is 5.09. The molecule has 2 heterocycles. The number of fused-ring (bicyclic) bond motifs is 12. The van der Waals surface area contributed by atoms with Gasteiger partial charge >= 0.3 is 0 Å². The van der Waals surface area contributed by atoms with Gasteiger partial charge in [0.05, 0.1) is 5.52 Å². The van der Waals surface area contributed by atoms with Gasteiger partial charge in [-0.25, -0.2) is 15.0 Å². The largest absolute Gasteiger partial charge is 0.310 e. The van der Waals surface area contributed by atoms with Crippen LogP contribution < -0.4 is 0 Å². The SMILES string of the molecule is CC1CC=Cc2c1c1cc3c(cc1n2-c1cccc(-c2nc(-c4ccccc4)nc(-c4ccccc4)n2)c1)C(C)(C)c1cc2c4ccccc4c4ccccc4c2cc1-3. The number of allylic oxidation sites excluding steroid dienone is 1. The molecule has 1 unspecified atom stereocenters. The summed E-state index contributed by atoms with van der Waals surface area (Å²) in [7, 11) is 0. The van der Waals surface area contributed by atoms with Crippen LogP contribution in [0.25, 0.3) is 100 Å². The van der Waals surface area contributed by atoms with Crippen LogP contribution in [0.4, 0.5) is 0 Å². The maximum atomic E-state index is 5.09. The fourth-order valence-corrected chi connectivity index (χ4v) is 10.1. The molecule has 4 nitrogen and oxygen atoms in total. The van der Waals surface area contributed by atoms with Gasteiger partial charge < -0.3 is 4.57 Å². The van der Waals surface area contributed by atoms with Gasteiger partial charge in [0.25, 0.3) is 0 Å². The molecule has 2 aliphatic rings. The number of hydrogen-bond donors (Lipinski definition) is 0. The second-order valence-electron chi connectivity index (χ2n) is 16.8. The van der Waals surface area contributed by atoms with Gasteiger partial charge in [-0.3, -0.25) is 0 Å². The zero-order chi connectivity index (χ0) is 39.4. The summed E-state index contributed by atoms with van der Waals surface area (Å²) in [5.74, 6) is 2.35. The molecular weight excluding hydrogens is 717 g/mol. The highest BCUT2D eigenvalue weighted by atomic mass is 15.0. The molecule has 0 saturated carbocycles. The molecule has 0 amide bonds. The molecule has 0 aliphatic heterocycles. The molecular formula is C55H40N4. The third-order valence-electron chi connectivity index (χ3n) is 13.0. The number of rotatable bonds is 4. The minimum Gasteiger partial charge on any atom is -0.310 e. The van der Waals surface area contributed by atoms with Crippen LogP contribution in [0.1, 0.15) is 55.5 Å². The van der Waals surface area contributed by atoms with Crippen LogP contribution in [0.5, 0.6) is 0 Å². The first-order valence-electron chi connectivity index (χ1n) is 20.7.